The molecule has 0 atom stereocenters. The van der Waals surface area contributed by atoms with Crippen molar-refractivity contribution in [2.45, 2.75) is 18.2 Å². The van der Waals surface area contributed by atoms with Crippen LogP contribution in [0.25, 0.3) is 11.5 Å². The van der Waals surface area contributed by atoms with E-state index in [0.717, 1.165) is 16.9 Å². The van der Waals surface area contributed by atoms with E-state index in [9.17, 15) is 8.42 Å². The molecule has 8 heteroatoms. The number of aromatic nitrogens is 1. The Morgan fingerprint density at radius 1 is 1.07 bits per heavy atom. The highest BCUT2D eigenvalue weighted by Gasteiger charge is 2.15. The second-order valence-electron chi connectivity index (χ2n) is 6.15. The highest BCUT2D eigenvalue weighted by atomic mass is 32.2. The van der Waals surface area contributed by atoms with E-state index in [4.69, 9.17) is 13.9 Å². The van der Waals surface area contributed by atoms with Crippen LogP contribution in [0.15, 0.2) is 58.0 Å². The van der Waals surface area contributed by atoms with Crippen molar-refractivity contribution < 1.29 is 22.3 Å². The number of ether oxygens (including phenoxy) is 2. The molecule has 1 aromatic heterocycles. The van der Waals surface area contributed by atoms with E-state index in [0.29, 0.717) is 23.8 Å². The maximum absolute atomic E-state index is 12.5. The molecule has 28 heavy (non-hydrogen) atoms. The number of methoxy groups -OCH3 is 2. The van der Waals surface area contributed by atoms with E-state index in [1.165, 1.54) is 12.3 Å². The summed E-state index contributed by atoms with van der Waals surface area (Å²) in [7, 11) is -0.457. The van der Waals surface area contributed by atoms with Gasteiger partial charge in [-0.2, -0.15) is 0 Å². The van der Waals surface area contributed by atoms with Crippen molar-refractivity contribution >= 4 is 10.0 Å². The van der Waals surface area contributed by atoms with Gasteiger partial charge in [0.25, 0.3) is 0 Å². The lowest BCUT2D eigenvalue weighted by molar-refractivity contribution is 0.411. The van der Waals surface area contributed by atoms with Crippen molar-refractivity contribution in [2.75, 3.05) is 20.8 Å². The van der Waals surface area contributed by atoms with Gasteiger partial charge in [-0.25, -0.2) is 18.1 Å². The van der Waals surface area contributed by atoms with Gasteiger partial charge in [-0.15, -0.1) is 0 Å². The number of benzene rings is 2. The minimum absolute atomic E-state index is 0.199. The fourth-order valence-corrected chi connectivity index (χ4v) is 3.82. The lowest BCUT2D eigenvalue weighted by atomic mass is 10.2. The number of hydrogen-bond acceptors (Lipinski definition) is 6. The highest BCUT2D eigenvalue weighted by molar-refractivity contribution is 7.89. The van der Waals surface area contributed by atoms with Crippen LogP contribution in [0.4, 0.5) is 0 Å². The zero-order valence-corrected chi connectivity index (χ0v) is 16.7. The fraction of sp³-hybridized carbons (Fsp3) is 0.250. The first-order valence-corrected chi connectivity index (χ1v) is 10.1. The van der Waals surface area contributed by atoms with Gasteiger partial charge in [0.05, 0.1) is 24.8 Å². The van der Waals surface area contributed by atoms with Gasteiger partial charge in [0.1, 0.15) is 17.8 Å². The first kappa shape index (κ1) is 19.9. The number of sulfonamides is 1. The van der Waals surface area contributed by atoms with Crippen LogP contribution in [-0.2, 0) is 16.4 Å². The third kappa shape index (κ3) is 4.52. The van der Waals surface area contributed by atoms with Crippen LogP contribution in [0.5, 0.6) is 11.5 Å². The summed E-state index contributed by atoms with van der Waals surface area (Å²) in [5.74, 6) is 1.87. The largest absolute Gasteiger partial charge is 0.497 e. The molecule has 0 aliphatic carbocycles. The lowest BCUT2D eigenvalue weighted by Crippen LogP contribution is -2.26. The van der Waals surface area contributed by atoms with Crippen LogP contribution in [0.1, 0.15) is 11.3 Å². The molecule has 0 radical (unpaired) electrons. The highest BCUT2D eigenvalue weighted by Crippen LogP contribution is 2.23. The van der Waals surface area contributed by atoms with Crippen molar-refractivity contribution in [2.24, 2.45) is 0 Å². The van der Waals surface area contributed by atoms with Crippen molar-refractivity contribution in [3.05, 3.63) is 60.0 Å². The molecule has 148 valence electrons. The van der Waals surface area contributed by atoms with Gasteiger partial charge in [-0.1, -0.05) is 0 Å². The Kier molecular flexibility index (Phi) is 6.01. The molecule has 1 N–H and O–H groups in total. The molecule has 7 nitrogen and oxygen atoms in total. The van der Waals surface area contributed by atoms with E-state index < -0.39 is 10.0 Å². The van der Waals surface area contributed by atoms with Gasteiger partial charge in [0.15, 0.2) is 0 Å². The first-order valence-electron chi connectivity index (χ1n) is 8.66. The smallest absolute Gasteiger partial charge is 0.240 e. The molecule has 0 aliphatic rings. The zero-order chi connectivity index (χ0) is 20.1. The summed E-state index contributed by atoms with van der Waals surface area (Å²) in [5, 5.41) is 0. The standard InChI is InChI=1S/C20H22N2O5S/c1-14-12-18(8-9-19(14)26-3)28(23,24)21-11-10-16-13-27-20(22-16)15-4-6-17(25-2)7-5-15/h4-9,12-13,21H,10-11H2,1-3H3. The van der Waals surface area contributed by atoms with Gasteiger partial charge in [0, 0.05) is 18.5 Å². The Morgan fingerprint density at radius 2 is 1.82 bits per heavy atom. The average molecular weight is 402 g/mol. The number of oxazole rings is 1. The van der Waals surface area contributed by atoms with Crippen LogP contribution in [0, 0.1) is 6.92 Å². The number of hydrogen-bond donors (Lipinski definition) is 1. The second kappa shape index (κ2) is 8.45. The van der Waals surface area contributed by atoms with E-state index in [2.05, 4.69) is 9.71 Å². The summed E-state index contributed by atoms with van der Waals surface area (Å²) in [6.07, 6.45) is 1.94. The van der Waals surface area contributed by atoms with Gasteiger partial charge in [-0.3, -0.25) is 0 Å². The molecule has 0 spiro atoms. The third-order valence-electron chi connectivity index (χ3n) is 4.24. The molecule has 0 fully saturated rings. The Morgan fingerprint density at radius 3 is 2.46 bits per heavy atom. The normalized spacial score (nSPS) is 11.4. The molecule has 0 saturated carbocycles. The van der Waals surface area contributed by atoms with Crippen LogP contribution in [-0.4, -0.2) is 34.2 Å². The molecule has 0 aliphatic heterocycles. The first-order chi connectivity index (χ1) is 13.4. The minimum atomic E-state index is -3.61. The number of nitrogens with zero attached hydrogens (tertiary/aromatic N) is 1. The third-order valence-corrected chi connectivity index (χ3v) is 5.70. The topological polar surface area (TPSA) is 90.7 Å². The lowest BCUT2D eigenvalue weighted by Gasteiger charge is -2.09. The van der Waals surface area contributed by atoms with Crippen LogP contribution in [0.3, 0.4) is 0 Å². The van der Waals surface area contributed by atoms with E-state index >= 15 is 0 Å². The quantitative estimate of drug-likeness (QED) is 0.622. The summed E-state index contributed by atoms with van der Waals surface area (Å²) in [6.45, 7) is 2.01. The van der Waals surface area contributed by atoms with Gasteiger partial charge in [0.2, 0.25) is 15.9 Å². The summed E-state index contributed by atoms with van der Waals surface area (Å²) < 4.78 is 43.3. The predicted molar refractivity (Wildman–Crippen MR) is 105 cm³/mol. The van der Waals surface area contributed by atoms with Crippen molar-refractivity contribution in [1.29, 1.82) is 0 Å². The molecule has 0 bridgehead atoms. The number of rotatable bonds is 8. The monoisotopic (exact) mass is 402 g/mol. The van der Waals surface area contributed by atoms with Crippen LogP contribution < -0.4 is 14.2 Å². The van der Waals surface area contributed by atoms with Crippen LogP contribution in [0.2, 0.25) is 0 Å². The van der Waals surface area contributed by atoms with E-state index in [1.807, 2.05) is 24.3 Å². The summed E-state index contributed by atoms with van der Waals surface area (Å²) in [6, 6.07) is 12.1. The average Bonchev–Trinajstić information content (AvgIpc) is 3.16. The maximum atomic E-state index is 12.5. The number of aryl methyl sites for hydroxylation is 1. The molecular weight excluding hydrogens is 380 g/mol. The molecule has 2 aromatic carbocycles. The van der Waals surface area contributed by atoms with Crippen LogP contribution >= 0.6 is 0 Å². The Balaban J connectivity index is 1.61. The molecule has 0 amide bonds. The zero-order valence-electron chi connectivity index (χ0n) is 15.9. The second-order valence-corrected chi connectivity index (χ2v) is 7.92. The predicted octanol–water partition coefficient (Wildman–Crippen LogP) is 3.19. The SMILES string of the molecule is COc1ccc(-c2nc(CCNS(=O)(=O)c3ccc(OC)c(C)c3)co2)cc1. The molecule has 3 aromatic rings. The molecule has 1 heterocycles. The molecule has 0 unspecified atom stereocenters. The summed E-state index contributed by atoms with van der Waals surface area (Å²) in [4.78, 5) is 4.61. The van der Waals surface area contributed by atoms with Gasteiger partial charge in [-0.05, 0) is 55.0 Å². The Hall–Kier alpha value is -2.84. The summed E-state index contributed by atoms with van der Waals surface area (Å²) in [5.41, 5.74) is 2.24. The molecule has 3 rings (SSSR count). The van der Waals surface area contributed by atoms with E-state index in [1.54, 1.807) is 33.3 Å². The Bertz CT molecular complexity index is 1040. The van der Waals surface area contributed by atoms with E-state index in [-0.39, 0.29) is 11.4 Å². The van der Waals surface area contributed by atoms with Gasteiger partial charge < -0.3 is 13.9 Å². The summed E-state index contributed by atoms with van der Waals surface area (Å²) >= 11 is 0. The van der Waals surface area contributed by atoms with Gasteiger partial charge >= 0.3 is 0 Å². The maximum Gasteiger partial charge on any atom is 0.240 e. The van der Waals surface area contributed by atoms with Crippen molar-refractivity contribution in [1.82, 2.24) is 9.71 Å². The molecule has 0 saturated heterocycles. The fourth-order valence-electron chi connectivity index (χ4n) is 2.70. The Labute approximate surface area is 164 Å². The van der Waals surface area contributed by atoms with Crippen molar-refractivity contribution in [3.8, 4) is 23.0 Å². The van der Waals surface area contributed by atoms with Crippen molar-refractivity contribution in [3.63, 3.8) is 0 Å². The number of nitrogens with one attached hydrogen (secondary N) is 1. The molecular formula is C20H22N2O5S. The minimum Gasteiger partial charge on any atom is -0.497 e.